The Hall–Kier alpha value is -1.37. The van der Waals surface area contributed by atoms with E-state index in [1.165, 1.54) is 6.07 Å². The van der Waals surface area contributed by atoms with Crippen LogP contribution in [0.1, 0.15) is 0 Å². The van der Waals surface area contributed by atoms with Gasteiger partial charge in [-0.15, -0.1) is 0 Å². The molecule has 0 aromatic heterocycles. The van der Waals surface area contributed by atoms with Crippen LogP contribution in [-0.2, 0) is 9.47 Å². The summed E-state index contributed by atoms with van der Waals surface area (Å²) in [7, 11) is 0. The Labute approximate surface area is 103 Å². The first kappa shape index (κ1) is 12.1. The molecule has 1 aliphatic rings. The van der Waals surface area contributed by atoms with Gasteiger partial charge in [0.15, 0.2) is 0 Å². The van der Waals surface area contributed by atoms with Crippen molar-refractivity contribution in [1.29, 1.82) is 0 Å². The van der Waals surface area contributed by atoms with Crippen LogP contribution in [-0.4, -0.2) is 31.0 Å². The van der Waals surface area contributed by atoms with Gasteiger partial charge in [-0.3, -0.25) is 10.1 Å². The van der Waals surface area contributed by atoms with E-state index in [1.54, 1.807) is 12.1 Å². The van der Waals surface area contributed by atoms with Gasteiger partial charge < -0.3 is 14.8 Å². The number of hydrogen-bond donors (Lipinski definition) is 1. The molecule has 0 amide bonds. The summed E-state index contributed by atoms with van der Waals surface area (Å²) >= 11 is 5.71. The highest BCUT2D eigenvalue weighted by atomic mass is 35.5. The summed E-state index contributed by atoms with van der Waals surface area (Å²) in [4.78, 5) is 10.3. The zero-order valence-corrected chi connectivity index (χ0v) is 9.64. The van der Waals surface area contributed by atoms with Gasteiger partial charge in [0.2, 0.25) is 0 Å². The normalized spacial score (nSPS) is 19.2. The lowest BCUT2D eigenvalue weighted by molar-refractivity contribution is -0.383. The Morgan fingerprint density at radius 2 is 2.41 bits per heavy atom. The van der Waals surface area contributed by atoms with E-state index in [4.69, 9.17) is 21.1 Å². The zero-order chi connectivity index (χ0) is 12.3. The molecule has 7 heteroatoms. The molecule has 17 heavy (non-hydrogen) atoms. The second-order valence-electron chi connectivity index (χ2n) is 3.58. The first-order chi connectivity index (χ1) is 8.16. The van der Waals surface area contributed by atoms with Crippen LogP contribution in [0.15, 0.2) is 18.2 Å². The number of nitrogens with one attached hydrogen (secondary N) is 1. The summed E-state index contributed by atoms with van der Waals surface area (Å²) in [5.74, 6) is 0. The number of halogens is 1. The van der Waals surface area contributed by atoms with Gasteiger partial charge in [-0.25, -0.2) is 0 Å². The summed E-state index contributed by atoms with van der Waals surface area (Å²) in [6, 6.07) is 4.50. The fourth-order valence-corrected chi connectivity index (χ4v) is 1.69. The van der Waals surface area contributed by atoms with Gasteiger partial charge in [-0.05, 0) is 12.1 Å². The Balaban J connectivity index is 2.06. The molecule has 0 saturated carbocycles. The van der Waals surface area contributed by atoms with Crippen LogP contribution in [0.3, 0.4) is 0 Å². The molecule has 0 aliphatic carbocycles. The zero-order valence-electron chi connectivity index (χ0n) is 8.89. The van der Waals surface area contributed by atoms with E-state index in [0.717, 1.165) is 0 Å². The predicted molar refractivity (Wildman–Crippen MR) is 62.3 cm³/mol. The van der Waals surface area contributed by atoms with E-state index >= 15 is 0 Å². The number of benzene rings is 1. The Morgan fingerprint density at radius 1 is 1.59 bits per heavy atom. The van der Waals surface area contributed by atoms with Crippen molar-refractivity contribution in [3.63, 3.8) is 0 Å². The first-order valence-electron chi connectivity index (χ1n) is 5.04. The number of nitrogens with zero attached hydrogens (tertiary/aromatic N) is 1. The maximum absolute atomic E-state index is 10.8. The summed E-state index contributed by atoms with van der Waals surface area (Å²) in [5.41, 5.74) is 0.381. The number of hydrogen-bond acceptors (Lipinski definition) is 5. The van der Waals surface area contributed by atoms with Gasteiger partial charge >= 0.3 is 0 Å². The van der Waals surface area contributed by atoms with E-state index in [0.29, 0.717) is 23.9 Å². The molecule has 92 valence electrons. The van der Waals surface area contributed by atoms with Crippen molar-refractivity contribution in [2.24, 2.45) is 0 Å². The summed E-state index contributed by atoms with van der Waals surface area (Å²) < 4.78 is 10.2. The molecule has 1 unspecified atom stereocenters. The number of anilines is 1. The molecule has 0 bridgehead atoms. The van der Waals surface area contributed by atoms with Crippen molar-refractivity contribution in [3.05, 3.63) is 33.3 Å². The average Bonchev–Trinajstić information content (AvgIpc) is 2.80. The highest BCUT2D eigenvalue weighted by Gasteiger charge is 2.19. The van der Waals surface area contributed by atoms with E-state index in [1.807, 2.05) is 0 Å². The maximum Gasteiger partial charge on any atom is 0.293 e. The fraction of sp³-hybridized carbons (Fsp3) is 0.400. The quantitative estimate of drug-likeness (QED) is 0.661. The number of nitro groups is 1. The molecule has 0 spiro atoms. The largest absolute Gasteiger partial charge is 0.377 e. The minimum atomic E-state index is -0.472. The third-order valence-electron chi connectivity index (χ3n) is 2.37. The molecule has 1 aromatic rings. The molecule has 2 rings (SSSR count). The maximum atomic E-state index is 10.8. The van der Waals surface area contributed by atoms with Gasteiger partial charge in [0.1, 0.15) is 18.6 Å². The molecule has 1 saturated heterocycles. The van der Waals surface area contributed by atoms with E-state index < -0.39 is 4.92 Å². The third-order valence-corrected chi connectivity index (χ3v) is 2.60. The molecular weight excluding hydrogens is 248 g/mol. The van der Waals surface area contributed by atoms with Crippen LogP contribution in [0.4, 0.5) is 11.4 Å². The Kier molecular flexibility index (Phi) is 3.78. The van der Waals surface area contributed by atoms with Crippen molar-refractivity contribution >= 4 is 23.0 Å². The lowest BCUT2D eigenvalue weighted by Crippen LogP contribution is -2.21. The lowest BCUT2D eigenvalue weighted by Gasteiger charge is -2.10. The predicted octanol–water partition coefficient (Wildman–Crippen LogP) is 2.03. The minimum Gasteiger partial charge on any atom is -0.377 e. The molecule has 0 radical (unpaired) electrons. The molecule has 1 atom stereocenters. The van der Waals surface area contributed by atoms with Crippen molar-refractivity contribution in [2.45, 2.75) is 6.10 Å². The fourth-order valence-electron chi connectivity index (χ4n) is 1.52. The standard InChI is InChI=1S/C10H11ClN2O4/c11-7-1-2-9(10(3-7)13(14)15)12-4-8-5-16-6-17-8/h1-3,8,12H,4-6H2. The third kappa shape index (κ3) is 3.06. The molecule has 1 aliphatic heterocycles. The topological polar surface area (TPSA) is 73.6 Å². The van der Waals surface area contributed by atoms with Gasteiger partial charge in [0, 0.05) is 17.6 Å². The van der Waals surface area contributed by atoms with E-state index in [-0.39, 0.29) is 18.6 Å². The lowest BCUT2D eigenvalue weighted by atomic mass is 10.2. The highest BCUT2D eigenvalue weighted by molar-refractivity contribution is 6.30. The first-order valence-corrected chi connectivity index (χ1v) is 5.42. The van der Waals surface area contributed by atoms with Crippen LogP contribution in [0, 0.1) is 10.1 Å². The summed E-state index contributed by atoms with van der Waals surface area (Å²) in [5, 5.41) is 14.1. The number of nitro benzene ring substituents is 1. The minimum absolute atomic E-state index is 0.0450. The second-order valence-corrected chi connectivity index (χ2v) is 4.01. The van der Waals surface area contributed by atoms with E-state index in [2.05, 4.69) is 5.32 Å². The van der Waals surface area contributed by atoms with Crippen LogP contribution in [0.5, 0.6) is 0 Å². The van der Waals surface area contributed by atoms with Crippen LogP contribution < -0.4 is 5.32 Å². The van der Waals surface area contributed by atoms with Crippen molar-refractivity contribution in [2.75, 3.05) is 25.3 Å². The molecule has 1 heterocycles. The van der Waals surface area contributed by atoms with Gasteiger partial charge in [-0.1, -0.05) is 11.6 Å². The smallest absolute Gasteiger partial charge is 0.293 e. The van der Waals surface area contributed by atoms with Gasteiger partial charge in [-0.2, -0.15) is 0 Å². The van der Waals surface area contributed by atoms with Crippen LogP contribution in [0.25, 0.3) is 0 Å². The van der Waals surface area contributed by atoms with Crippen molar-refractivity contribution in [3.8, 4) is 0 Å². The number of ether oxygens (including phenoxy) is 2. The van der Waals surface area contributed by atoms with Crippen molar-refractivity contribution in [1.82, 2.24) is 0 Å². The van der Waals surface area contributed by atoms with Gasteiger partial charge in [0.25, 0.3) is 5.69 Å². The van der Waals surface area contributed by atoms with Crippen molar-refractivity contribution < 1.29 is 14.4 Å². The highest BCUT2D eigenvalue weighted by Crippen LogP contribution is 2.27. The van der Waals surface area contributed by atoms with Crippen LogP contribution >= 0.6 is 11.6 Å². The van der Waals surface area contributed by atoms with Crippen LogP contribution in [0.2, 0.25) is 5.02 Å². The summed E-state index contributed by atoms with van der Waals surface area (Å²) in [6.45, 7) is 1.23. The van der Waals surface area contributed by atoms with E-state index in [9.17, 15) is 10.1 Å². The monoisotopic (exact) mass is 258 g/mol. The summed E-state index contributed by atoms with van der Waals surface area (Å²) in [6.07, 6.45) is -0.0784. The SMILES string of the molecule is O=[N+]([O-])c1cc(Cl)ccc1NCC1COCO1. The molecular formula is C10H11ClN2O4. The Morgan fingerprint density at radius 3 is 3.06 bits per heavy atom. The molecule has 1 aromatic carbocycles. The Bertz CT molecular complexity index is 421. The average molecular weight is 259 g/mol. The molecule has 1 N–H and O–H groups in total. The molecule has 1 fully saturated rings. The van der Waals surface area contributed by atoms with Gasteiger partial charge in [0.05, 0.1) is 11.5 Å². The number of rotatable bonds is 4. The molecule has 6 nitrogen and oxygen atoms in total. The second kappa shape index (κ2) is 5.31.